The monoisotopic (exact) mass is 274 g/mol. The van der Waals surface area contributed by atoms with Crippen LogP contribution in [0.15, 0.2) is 0 Å². The number of aliphatic carboxylic acids is 1. The maximum Gasteiger partial charge on any atom is 0.410 e. The number of hydrogen-bond donors (Lipinski definition) is 2. The van der Waals surface area contributed by atoms with Gasteiger partial charge in [0.2, 0.25) is 0 Å². The van der Waals surface area contributed by atoms with E-state index in [1.54, 1.807) is 4.90 Å². The summed E-state index contributed by atoms with van der Waals surface area (Å²) in [5.41, 5.74) is -0.928. The van der Waals surface area contributed by atoms with Crippen molar-refractivity contribution in [2.45, 2.75) is 52.7 Å². The van der Waals surface area contributed by atoms with Crippen molar-refractivity contribution < 1.29 is 19.4 Å². The van der Waals surface area contributed by atoms with Crippen LogP contribution in [-0.4, -0.2) is 52.8 Å². The van der Waals surface area contributed by atoms with E-state index in [1.807, 2.05) is 41.5 Å². The Bertz CT molecular complexity index is 316. The number of hydrogen-bond acceptors (Lipinski definition) is 4. The molecule has 0 aliphatic rings. The number of ether oxygens (including phenoxy) is 1. The van der Waals surface area contributed by atoms with Gasteiger partial charge in [0.25, 0.3) is 0 Å². The Kier molecular flexibility index (Phi) is 6.29. The minimum absolute atomic E-state index is 0.119. The normalized spacial score (nSPS) is 12.1. The number of carbonyl (C=O) groups excluding carboxylic acids is 1. The van der Waals surface area contributed by atoms with Crippen LogP contribution < -0.4 is 5.32 Å². The smallest absolute Gasteiger partial charge is 0.410 e. The van der Waals surface area contributed by atoms with Crippen molar-refractivity contribution in [3.63, 3.8) is 0 Å². The first-order valence-electron chi connectivity index (χ1n) is 6.36. The van der Waals surface area contributed by atoms with Crippen LogP contribution in [-0.2, 0) is 9.53 Å². The summed E-state index contributed by atoms with van der Waals surface area (Å²) in [6, 6.07) is 0. The largest absolute Gasteiger partial charge is 0.480 e. The third-order valence-electron chi connectivity index (χ3n) is 2.21. The minimum Gasteiger partial charge on any atom is -0.480 e. The van der Waals surface area contributed by atoms with E-state index >= 15 is 0 Å². The molecule has 19 heavy (non-hydrogen) atoms. The Hall–Kier alpha value is -1.30. The van der Waals surface area contributed by atoms with Gasteiger partial charge in [0.15, 0.2) is 0 Å². The fourth-order valence-corrected chi connectivity index (χ4v) is 1.40. The van der Waals surface area contributed by atoms with Crippen LogP contribution in [0, 0.1) is 0 Å². The molecule has 0 aliphatic carbocycles. The number of nitrogens with zero attached hydrogens (tertiary/aromatic N) is 1. The molecule has 0 fully saturated rings. The maximum absolute atomic E-state index is 12.1. The van der Waals surface area contributed by atoms with Crippen molar-refractivity contribution in [1.82, 2.24) is 10.2 Å². The van der Waals surface area contributed by atoms with Gasteiger partial charge < -0.3 is 20.1 Å². The van der Waals surface area contributed by atoms with Gasteiger partial charge in [0, 0.05) is 18.6 Å². The lowest BCUT2D eigenvalue weighted by Gasteiger charge is -2.36. The van der Waals surface area contributed by atoms with Gasteiger partial charge >= 0.3 is 12.1 Å². The van der Waals surface area contributed by atoms with Gasteiger partial charge in [-0.3, -0.25) is 4.79 Å². The lowest BCUT2D eigenvalue weighted by Crippen LogP contribution is -2.50. The fourth-order valence-electron chi connectivity index (χ4n) is 1.40. The Balaban J connectivity index is 4.49. The first kappa shape index (κ1) is 17.7. The first-order chi connectivity index (χ1) is 8.43. The predicted octanol–water partition coefficient (Wildman–Crippen LogP) is 1.70. The van der Waals surface area contributed by atoms with Gasteiger partial charge in [0.05, 0.1) is 6.54 Å². The number of carbonyl (C=O) groups is 2. The SMILES string of the molecule is CC(C)(C)OC(=O)N(CCNCC(=O)O)C(C)(C)C. The molecule has 1 amide bonds. The Labute approximate surface area is 115 Å². The summed E-state index contributed by atoms with van der Waals surface area (Å²) in [6.07, 6.45) is -0.392. The highest BCUT2D eigenvalue weighted by atomic mass is 16.6. The Morgan fingerprint density at radius 2 is 1.68 bits per heavy atom. The van der Waals surface area contributed by atoms with Crippen molar-refractivity contribution in [2.75, 3.05) is 19.6 Å². The van der Waals surface area contributed by atoms with Gasteiger partial charge in [-0.25, -0.2) is 4.79 Å². The predicted molar refractivity (Wildman–Crippen MR) is 73.2 cm³/mol. The topological polar surface area (TPSA) is 78.9 Å². The summed E-state index contributed by atoms with van der Waals surface area (Å²) < 4.78 is 5.35. The van der Waals surface area contributed by atoms with E-state index < -0.39 is 17.7 Å². The molecule has 0 rings (SSSR count). The summed E-state index contributed by atoms with van der Waals surface area (Å²) in [7, 11) is 0. The quantitative estimate of drug-likeness (QED) is 0.746. The van der Waals surface area contributed by atoms with Crippen molar-refractivity contribution in [3.8, 4) is 0 Å². The van der Waals surface area contributed by atoms with E-state index in [1.165, 1.54) is 0 Å². The molecular formula is C13H26N2O4. The summed E-state index contributed by atoms with van der Waals surface area (Å²) >= 11 is 0. The van der Waals surface area contributed by atoms with E-state index in [2.05, 4.69) is 5.32 Å². The number of carboxylic acid groups (broad SMARTS) is 1. The van der Waals surface area contributed by atoms with Crippen LogP contribution in [0.1, 0.15) is 41.5 Å². The molecule has 0 radical (unpaired) electrons. The molecule has 0 aliphatic heterocycles. The highest BCUT2D eigenvalue weighted by Crippen LogP contribution is 2.17. The van der Waals surface area contributed by atoms with Crippen LogP contribution in [0.2, 0.25) is 0 Å². The highest BCUT2D eigenvalue weighted by Gasteiger charge is 2.30. The first-order valence-corrected chi connectivity index (χ1v) is 6.36. The zero-order valence-electron chi connectivity index (χ0n) is 12.7. The van der Waals surface area contributed by atoms with E-state index in [-0.39, 0.29) is 12.1 Å². The molecule has 0 bridgehead atoms. The Morgan fingerprint density at radius 3 is 2.05 bits per heavy atom. The van der Waals surface area contributed by atoms with Crippen LogP contribution in [0.25, 0.3) is 0 Å². The zero-order chi connectivity index (χ0) is 15.3. The van der Waals surface area contributed by atoms with Gasteiger partial charge in [0.1, 0.15) is 5.60 Å². The molecule has 0 aromatic heterocycles. The fraction of sp³-hybridized carbons (Fsp3) is 0.846. The third kappa shape index (κ3) is 8.42. The molecular weight excluding hydrogens is 248 g/mol. The van der Waals surface area contributed by atoms with Crippen molar-refractivity contribution in [1.29, 1.82) is 0 Å². The third-order valence-corrected chi connectivity index (χ3v) is 2.21. The van der Waals surface area contributed by atoms with Gasteiger partial charge in [-0.1, -0.05) is 0 Å². The second kappa shape index (κ2) is 6.75. The second-order valence-corrected chi connectivity index (χ2v) is 6.37. The molecule has 0 saturated heterocycles. The molecule has 0 aromatic carbocycles. The molecule has 2 N–H and O–H groups in total. The molecule has 6 heteroatoms. The summed E-state index contributed by atoms with van der Waals surface area (Å²) in [5.74, 6) is -0.917. The van der Waals surface area contributed by atoms with Crippen molar-refractivity contribution in [2.24, 2.45) is 0 Å². The lowest BCUT2D eigenvalue weighted by atomic mass is 10.1. The maximum atomic E-state index is 12.1. The number of amides is 1. The van der Waals surface area contributed by atoms with Gasteiger partial charge in [-0.2, -0.15) is 0 Å². The second-order valence-electron chi connectivity index (χ2n) is 6.37. The zero-order valence-corrected chi connectivity index (χ0v) is 12.7. The highest BCUT2D eigenvalue weighted by molar-refractivity contribution is 5.69. The average molecular weight is 274 g/mol. The molecule has 0 aromatic rings. The number of rotatable bonds is 5. The molecule has 6 nitrogen and oxygen atoms in total. The van der Waals surface area contributed by atoms with Crippen molar-refractivity contribution >= 4 is 12.1 Å². The van der Waals surface area contributed by atoms with Gasteiger partial charge in [-0.05, 0) is 41.5 Å². The van der Waals surface area contributed by atoms with Crippen molar-refractivity contribution in [3.05, 3.63) is 0 Å². The van der Waals surface area contributed by atoms with E-state index in [0.29, 0.717) is 13.1 Å². The Morgan fingerprint density at radius 1 is 1.16 bits per heavy atom. The lowest BCUT2D eigenvalue weighted by molar-refractivity contribution is -0.135. The summed E-state index contributed by atoms with van der Waals surface area (Å²) in [4.78, 5) is 24.1. The molecule has 0 heterocycles. The number of nitrogens with one attached hydrogen (secondary N) is 1. The summed E-state index contributed by atoms with van der Waals surface area (Å²) in [6.45, 7) is 11.9. The van der Waals surface area contributed by atoms with E-state index in [0.717, 1.165) is 0 Å². The van der Waals surface area contributed by atoms with Crippen LogP contribution in [0.5, 0.6) is 0 Å². The van der Waals surface area contributed by atoms with Crippen LogP contribution >= 0.6 is 0 Å². The van der Waals surface area contributed by atoms with Crippen LogP contribution in [0.3, 0.4) is 0 Å². The van der Waals surface area contributed by atoms with E-state index in [9.17, 15) is 9.59 Å². The van der Waals surface area contributed by atoms with E-state index in [4.69, 9.17) is 9.84 Å². The standard InChI is InChI=1S/C13H26N2O4/c1-12(2,3)15(8-7-14-9-10(16)17)11(18)19-13(4,5)6/h14H,7-9H2,1-6H3,(H,16,17). The molecule has 0 unspecified atom stereocenters. The minimum atomic E-state index is -0.917. The summed E-state index contributed by atoms with van der Waals surface area (Å²) in [5, 5.41) is 11.3. The van der Waals surface area contributed by atoms with Gasteiger partial charge in [-0.15, -0.1) is 0 Å². The average Bonchev–Trinajstić information content (AvgIpc) is 2.11. The molecule has 0 atom stereocenters. The number of carboxylic acids is 1. The van der Waals surface area contributed by atoms with Crippen LogP contribution in [0.4, 0.5) is 4.79 Å². The molecule has 0 saturated carbocycles. The molecule has 0 spiro atoms. The molecule has 112 valence electrons.